The number of carbonyl (C=O) groups is 1. The molecule has 0 unspecified atom stereocenters. The van der Waals surface area contributed by atoms with E-state index >= 15 is 0 Å². The van der Waals surface area contributed by atoms with Gasteiger partial charge in [-0.1, -0.05) is 0 Å². The highest BCUT2D eigenvalue weighted by atomic mass is 32.1. The zero-order chi connectivity index (χ0) is 8.84. The minimum Gasteiger partial charge on any atom is -0.289 e. The third kappa shape index (κ3) is 0.943. The minimum atomic E-state index is 0.207. The van der Waals surface area contributed by atoms with Gasteiger partial charge in [-0.15, -0.1) is 11.3 Å². The Kier molecular flexibility index (Phi) is 1.45. The average molecular weight is 206 g/mol. The van der Waals surface area contributed by atoms with E-state index in [4.69, 9.17) is 0 Å². The van der Waals surface area contributed by atoms with E-state index < -0.39 is 0 Å². The van der Waals surface area contributed by atoms with Crippen LogP contribution >= 0.6 is 22.7 Å². The molecule has 3 heteroatoms. The quantitative estimate of drug-likeness (QED) is 0.552. The second-order valence-electron chi connectivity index (χ2n) is 3.07. The van der Waals surface area contributed by atoms with Gasteiger partial charge in [-0.05, 0) is 22.4 Å². The van der Waals surface area contributed by atoms with Crippen LogP contribution in [-0.2, 0) is 6.42 Å². The number of fused-ring (bicyclic) bond motifs is 2. The topological polar surface area (TPSA) is 17.1 Å². The molecule has 0 fully saturated rings. The molecular formula is C10H6OS2. The van der Waals surface area contributed by atoms with Gasteiger partial charge < -0.3 is 0 Å². The van der Waals surface area contributed by atoms with Crippen molar-refractivity contribution in [3.05, 3.63) is 43.8 Å². The Bertz CT molecular complexity index is 436. The summed E-state index contributed by atoms with van der Waals surface area (Å²) in [5.41, 5.74) is 3.02. The molecule has 1 nitrogen and oxygen atoms in total. The van der Waals surface area contributed by atoms with Crippen molar-refractivity contribution in [2.75, 3.05) is 0 Å². The van der Waals surface area contributed by atoms with Gasteiger partial charge in [-0.3, -0.25) is 4.79 Å². The summed E-state index contributed by atoms with van der Waals surface area (Å²) in [5, 5.41) is 6.03. The first-order valence-electron chi connectivity index (χ1n) is 4.02. The first kappa shape index (κ1) is 7.47. The Morgan fingerprint density at radius 2 is 2.15 bits per heavy atom. The maximum absolute atomic E-state index is 11.8. The third-order valence-corrected chi connectivity index (χ3v) is 4.04. The summed E-state index contributed by atoms with van der Waals surface area (Å²) in [6.07, 6.45) is 0.942. The standard InChI is InChI=1S/C10H6OS2/c11-10-7-1-2-13-9(7)3-6-4-12-5-8(6)10/h1-2,4-5H,3H2. The van der Waals surface area contributed by atoms with Crippen LogP contribution in [0.15, 0.2) is 22.2 Å². The minimum absolute atomic E-state index is 0.207. The monoisotopic (exact) mass is 206 g/mol. The summed E-state index contributed by atoms with van der Waals surface area (Å²) in [6, 6.07) is 1.93. The van der Waals surface area contributed by atoms with Gasteiger partial charge in [0.05, 0.1) is 0 Å². The Morgan fingerprint density at radius 3 is 3.08 bits per heavy atom. The zero-order valence-electron chi connectivity index (χ0n) is 6.74. The van der Waals surface area contributed by atoms with Crippen molar-refractivity contribution in [1.82, 2.24) is 0 Å². The molecule has 0 atom stereocenters. The lowest BCUT2D eigenvalue weighted by Gasteiger charge is -2.09. The van der Waals surface area contributed by atoms with E-state index in [0.717, 1.165) is 17.5 Å². The van der Waals surface area contributed by atoms with Crippen LogP contribution in [0.5, 0.6) is 0 Å². The summed E-state index contributed by atoms with van der Waals surface area (Å²) in [4.78, 5) is 13.1. The van der Waals surface area contributed by atoms with Crippen LogP contribution < -0.4 is 0 Å². The number of thiophene rings is 2. The maximum Gasteiger partial charge on any atom is 0.195 e. The maximum atomic E-state index is 11.8. The summed E-state index contributed by atoms with van der Waals surface area (Å²) >= 11 is 3.30. The zero-order valence-corrected chi connectivity index (χ0v) is 8.37. The molecule has 2 aromatic heterocycles. The molecule has 3 rings (SSSR count). The highest BCUT2D eigenvalue weighted by Gasteiger charge is 2.24. The van der Waals surface area contributed by atoms with Crippen molar-refractivity contribution < 1.29 is 4.79 Å². The molecule has 0 spiro atoms. The van der Waals surface area contributed by atoms with Crippen molar-refractivity contribution in [2.45, 2.75) is 6.42 Å². The molecule has 0 N–H and O–H groups in total. The van der Waals surface area contributed by atoms with Gasteiger partial charge in [0.1, 0.15) is 0 Å². The van der Waals surface area contributed by atoms with E-state index in [2.05, 4.69) is 5.38 Å². The van der Waals surface area contributed by atoms with E-state index in [1.54, 1.807) is 22.7 Å². The third-order valence-electron chi connectivity index (χ3n) is 2.33. The fraction of sp³-hybridized carbons (Fsp3) is 0.100. The fourth-order valence-corrected chi connectivity index (χ4v) is 3.39. The molecule has 0 saturated carbocycles. The first-order valence-corrected chi connectivity index (χ1v) is 5.84. The largest absolute Gasteiger partial charge is 0.289 e. The summed E-state index contributed by atoms with van der Waals surface area (Å²) in [5.74, 6) is 0.207. The molecule has 0 aliphatic heterocycles. The van der Waals surface area contributed by atoms with E-state index in [0.29, 0.717) is 0 Å². The normalized spacial score (nSPS) is 14.0. The van der Waals surface area contributed by atoms with Crippen LogP contribution in [-0.4, -0.2) is 5.78 Å². The van der Waals surface area contributed by atoms with Gasteiger partial charge >= 0.3 is 0 Å². The smallest absolute Gasteiger partial charge is 0.195 e. The summed E-state index contributed by atoms with van der Waals surface area (Å²) in [7, 11) is 0. The predicted molar refractivity (Wildman–Crippen MR) is 54.9 cm³/mol. The van der Waals surface area contributed by atoms with E-state index in [1.165, 1.54) is 10.4 Å². The van der Waals surface area contributed by atoms with Crippen molar-refractivity contribution in [2.24, 2.45) is 0 Å². The SMILES string of the molecule is O=C1c2cscc2Cc2sccc21. The number of ketones is 1. The van der Waals surface area contributed by atoms with Crippen LogP contribution in [0.25, 0.3) is 0 Å². The second-order valence-corrected chi connectivity index (χ2v) is 4.82. The molecule has 2 aromatic rings. The Hall–Kier alpha value is -0.930. The number of hydrogen-bond donors (Lipinski definition) is 0. The Morgan fingerprint density at radius 1 is 1.23 bits per heavy atom. The van der Waals surface area contributed by atoms with Crippen molar-refractivity contribution >= 4 is 28.5 Å². The van der Waals surface area contributed by atoms with Crippen LogP contribution in [0.2, 0.25) is 0 Å². The summed E-state index contributed by atoms with van der Waals surface area (Å²) < 4.78 is 0. The van der Waals surface area contributed by atoms with Gasteiger partial charge in [-0.2, -0.15) is 11.3 Å². The number of hydrogen-bond acceptors (Lipinski definition) is 3. The van der Waals surface area contributed by atoms with Gasteiger partial charge in [-0.25, -0.2) is 0 Å². The highest BCUT2D eigenvalue weighted by Crippen LogP contribution is 2.32. The summed E-state index contributed by atoms with van der Waals surface area (Å²) in [6.45, 7) is 0. The molecule has 13 heavy (non-hydrogen) atoms. The predicted octanol–water partition coefficient (Wildman–Crippen LogP) is 2.94. The first-order chi connectivity index (χ1) is 6.36. The van der Waals surface area contributed by atoms with Gasteiger partial charge in [0.2, 0.25) is 0 Å². The molecule has 0 amide bonds. The second kappa shape index (κ2) is 2.53. The number of rotatable bonds is 0. The molecule has 1 aliphatic rings. The van der Waals surface area contributed by atoms with Crippen molar-refractivity contribution in [1.29, 1.82) is 0 Å². The van der Waals surface area contributed by atoms with Crippen LogP contribution in [0.1, 0.15) is 26.4 Å². The molecule has 0 radical (unpaired) electrons. The molecule has 64 valence electrons. The lowest BCUT2D eigenvalue weighted by Crippen LogP contribution is -2.10. The molecule has 0 bridgehead atoms. The molecule has 2 heterocycles. The van der Waals surface area contributed by atoms with E-state index in [1.807, 2.05) is 16.8 Å². The van der Waals surface area contributed by atoms with Crippen molar-refractivity contribution in [3.8, 4) is 0 Å². The van der Waals surface area contributed by atoms with Crippen LogP contribution in [0.4, 0.5) is 0 Å². The number of carbonyl (C=O) groups excluding carboxylic acids is 1. The molecule has 0 saturated heterocycles. The Balaban J connectivity index is 2.27. The van der Waals surface area contributed by atoms with E-state index in [-0.39, 0.29) is 5.78 Å². The molecule has 0 aromatic carbocycles. The van der Waals surface area contributed by atoms with Gasteiger partial charge in [0, 0.05) is 27.8 Å². The molecular weight excluding hydrogens is 200 g/mol. The lowest BCUT2D eigenvalue weighted by molar-refractivity contribution is 0.103. The Labute approximate surface area is 83.7 Å². The average Bonchev–Trinajstić information content (AvgIpc) is 2.71. The van der Waals surface area contributed by atoms with E-state index in [9.17, 15) is 4.79 Å². The molecule has 1 aliphatic carbocycles. The van der Waals surface area contributed by atoms with Gasteiger partial charge in [0.25, 0.3) is 0 Å². The highest BCUT2D eigenvalue weighted by molar-refractivity contribution is 7.10. The van der Waals surface area contributed by atoms with Crippen LogP contribution in [0, 0.1) is 0 Å². The lowest BCUT2D eigenvalue weighted by atomic mass is 9.94. The van der Waals surface area contributed by atoms with Crippen LogP contribution in [0.3, 0.4) is 0 Å². The van der Waals surface area contributed by atoms with Crippen molar-refractivity contribution in [3.63, 3.8) is 0 Å². The fourth-order valence-electron chi connectivity index (χ4n) is 1.66. The van der Waals surface area contributed by atoms with Gasteiger partial charge in [0.15, 0.2) is 5.78 Å².